The van der Waals surface area contributed by atoms with E-state index in [0.717, 1.165) is 10.8 Å². The summed E-state index contributed by atoms with van der Waals surface area (Å²) >= 11 is 1.21. The number of aromatic hydroxyl groups is 1. The summed E-state index contributed by atoms with van der Waals surface area (Å²) in [5.41, 5.74) is 0.641. The minimum absolute atomic E-state index is 0.0212. The second-order valence-electron chi connectivity index (χ2n) is 3.97. The molecule has 0 saturated heterocycles. The van der Waals surface area contributed by atoms with Gasteiger partial charge in [-0.3, -0.25) is 10.1 Å². The van der Waals surface area contributed by atoms with Crippen LogP contribution in [0.25, 0.3) is 10.2 Å². The molecule has 2 N–H and O–H groups in total. The van der Waals surface area contributed by atoms with Gasteiger partial charge in [0.15, 0.2) is 5.13 Å². The Morgan fingerprint density at radius 2 is 2.10 bits per heavy atom. The molecule has 100 valence electrons. The minimum Gasteiger partial charge on any atom is -0.508 e. The fourth-order valence-corrected chi connectivity index (χ4v) is 2.56. The number of carbonyl (C=O) groups excluding carboxylic acids is 1. The zero-order valence-electron chi connectivity index (χ0n) is 10.0. The SMILES string of the molecule is O=C(Nc1nc2ccc(O)cc2s1)c1cccc([19F])n1. The summed E-state index contributed by atoms with van der Waals surface area (Å²) in [6, 6.07) is 8.71. The van der Waals surface area contributed by atoms with Gasteiger partial charge in [-0.1, -0.05) is 17.4 Å². The average Bonchev–Trinajstić information content (AvgIpc) is 2.80. The molecular weight excluding hydrogens is 281 g/mol. The lowest BCUT2D eigenvalue weighted by atomic mass is 10.3. The number of fused-ring (bicyclic) bond motifs is 1. The Morgan fingerprint density at radius 1 is 1.25 bits per heavy atom. The van der Waals surface area contributed by atoms with E-state index in [1.165, 1.54) is 29.5 Å². The molecule has 0 aliphatic rings. The number of thiazole rings is 1. The Labute approximate surface area is 116 Å². The van der Waals surface area contributed by atoms with Crippen molar-refractivity contribution in [3.05, 3.63) is 48.0 Å². The van der Waals surface area contributed by atoms with Crippen LogP contribution in [0.5, 0.6) is 5.75 Å². The first-order chi connectivity index (χ1) is 9.61. The third-order valence-corrected chi connectivity index (χ3v) is 3.47. The van der Waals surface area contributed by atoms with Gasteiger partial charge in [0.25, 0.3) is 5.91 Å². The molecule has 20 heavy (non-hydrogen) atoms. The first kappa shape index (κ1) is 12.5. The molecule has 1 amide bonds. The second-order valence-corrected chi connectivity index (χ2v) is 5.00. The summed E-state index contributed by atoms with van der Waals surface area (Å²) in [5.74, 6) is -1.12. The van der Waals surface area contributed by atoms with Crippen molar-refractivity contribution < 1.29 is 14.3 Å². The zero-order chi connectivity index (χ0) is 14.1. The molecular formula is C13H8FN3O2S. The van der Waals surface area contributed by atoms with Gasteiger partial charge in [-0.15, -0.1) is 0 Å². The van der Waals surface area contributed by atoms with Gasteiger partial charge in [0.05, 0.1) is 10.2 Å². The number of aromatic nitrogens is 2. The van der Waals surface area contributed by atoms with E-state index in [1.54, 1.807) is 12.1 Å². The van der Waals surface area contributed by atoms with Gasteiger partial charge in [-0.25, -0.2) is 9.97 Å². The predicted octanol–water partition coefficient (Wildman–Crippen LogP) is 2.79. The van der Waals surface area contributed by atoms with Crippen LogP contribution in [0.1, 0.15) is 10.5 Å². The lowest BCUT2D eigenvalue weighted by molar-refractivity contribution is 0.102. The Bertz CT molecular complexity index is 803. The molecule has 0 radical (unpaired) electrons. The highest BCUT2D eigenvalue weighted by atomic mass is 32.1. The van der Waals surface area contributed by atoms with Gasteiger partial charge in [0.1, 0.15) is 11.4 Å². The van der Waals surface area contributed by atoms with Crippen molar-refractivity contribution in [3.63, 3.8) is 0 Å². The number of nitrogens with one attached hydrogen (secondary N) is 1. The number of carbonyl (C=O) groups is 1. The monoisotopic (exact) mass is 289 g/mol. The number of halogens is 1. The van der Waals surface area contributed by atoms with Crippen LogP contribution in [0.4, 0.5) is 9.52 Å². The first-order valence-electron chi connectivity index (χ1n) is 5.65. The van der Waals surface area contributed by atoms with Crippen LogP contribution in [-0.2, 0) is 0 Å². The fourth-order valence-electron chi connectivity index (χ4n) is 1.66. The maximum atomic E-state index is 12.9. The van der Waals surface area contributed by atoms with Crippen molar-refractivity contribution in [1.82, 2.24) is 9.97 Å². The number of phenols is 1. The number of pyridine rings is 1. The maximum Gasteiger partial charge on any atom is 0.276 e. The summed E-state index contributed by atoms with van der Waals surface area (Å²) in [7, 11) is 0. The van der Waals surface area contributed by atoms with E-state index in [4.69, 9.17) is 0 Å². The number of hydrogen-bond acceptors (Lipinski definition) is 5. The van der Waals surface area contributed by atoms with Crippen molar-refractivity contribution in [2.75, 3.05) is 5.32 Å². The highest BCUT2D eigenvalue weighted by Gasteiger charge is 2.11. The summed E-state index contributed by atoms with van der Waals surface area (Å²) < 4.78 is 13.7. The fraction of sp³-hybridized carbons (Fsp3) is 0. The molecule has 7 heteroatoms. The molecule has 1 aromatic carbocycles. The van der Waals surface area contributed by atoms with Gasteiger partial charge < -0.3 is 5.11 Å². The number of phenolic OH excluding ortho intramolecular Hbond substituents is 1. The number of anilines is 1. The number of nitrogens with zero attached hydrogens (tertiary/aromatic N) is 2. The van der Waals surface area contributed by atoms with Crippen LogP contribution in [0.15, 0.2) is 36.4 Å². The molecule has 0 saturated carbocycles. The van der Waals surface area contributed by atoms with E-state index in [0.29, 0.717) is 10.6 Å². The molecule has 0 fully saturated rings. The molecule has 0 bridgehead atoms. The van der Waals surface area contributed by atoms with Crippen molar-refractivity contribution in [2.45, 2.75) is 0 Å². The van der Waals surface area contributed by atoms with Crippen LogP contribution < -0.4 is 5.32 Å². The van der Waals surface area contributed by atoms with Gasteiger partial charge >= 0.3 is 0 Å². The van der Waals surface area contributed by atoms with E-state index in [9.17, 15) is 14.3 Å². The Hall–Kier alpha value is -2.54. The van der Waals surface area contributed by atoms with E-state index >= 15 is 0 Å². The molecule has 0 atom stereocenters. The predicted molar refractivity (Wildman–Crippen MR) is 73.4 cm³/mol. The maximum absolute atomic E-state index is 12.9. The van der Waals surface area contributed by atoms with Gasteiger partial charge in [0.2, 0.25) is 5.95 Å². The highest BCUT2D eigenvalue weighted by molar-refractivity contribution is 7.22. The average molecular weight is 289 g/mol. The molecule has 3 rings (SSSR count). The van der Waals surface area contributed by atoms with E-state index in [-0.39, 0.29) is 11.4 Å². The highest BCUT2D eigenvalue weighted by Crippen LogP contribution is 2.28. The van der Waals surface area contributed by atoms with Crippen LogP contribution in [0.2, 0.25) is 0 Å². The summed E-state index contributed by atoms with van der Waals surface area (Å²) in [4.78, 5) is 19.6. The normalized spacial score (nSPS) is 10.7. The number of amides is 1. The summed E-state index contributed by atoms with van der Waals surface area (Å²) in [6.07, 6.45) is 0. The van der Waals surface area contributed by atoms with Gasteiger partial charge in [-0.2, -0.15) is 4.39 Å². The van der Waals surface area contributed by atoms with Gasteiger partial charge in [0, 0.05) is 0 Å². The van der Waals surface area contributed by atoms with Crippen LogP contribution in [-0.4, -0.2) is 21.0 Å². The van der Waals surface area contributed by atoms with Crippen molar-refractivity contribution in [2.24, 2.45) is 0 Å². The lowest BCUT2D eigenvalue weighted by Crippen LogP contribution is -2.13. The van der Waals surface area contributed by atoms with Crippen LogP contribution in [0.3, 0.4) is 0 Å². The van der Waals surface area contributed by atoms with E-state index < -0.39 is 11.9 Å². The minimum atomic E-state index is -0.716. The number of hydrogen-bond donors (Lipinski definition) is 2. The third kappa shape index (κ3) is 2.43. The topological polar surface area (TPSA) is 75.1 Å². The van der Waals surface area contributed by atoms with Crippen molar-refractivity contribution in [3.8, 4) is 5.75 Å². The first-order valence-corrected chi connectivity index (χ1v) is 6.47. The molecule has 0 spiro atoms. The van der Waals surface area contributed by atoms with Crippen LogP contribution >= 0.6 is 11.3 Å². The second kappa shape index (κ2) is 4.86. The lowest BCUT2D eigenvalue weighted by Gasteiger charge is -2.00. The zero-order valence-corrected chi connectivity index (χ0v) is 10.8. The molecule has 0 aliphatic heterocycles. The number of rotatable bonds is 2. The van der Waals surface area contributed by atoms with Crippen molar-refractivity contribution >= 4 is 32.6 Å². The number of benzene rings is 1. The Balaban J connectivity index is 1.87. The molecule has 0 aliphatic carbocycles. The van der Waals surface area contributed by atoms with E-state index in [2.05, 4.69) is 15.3 Å². The molecule has 2 heterocycles. The summed E-state index contributed by atoms with van der Waals surface area (Å²) in [5, 5.41) is 12.3. The van der Waals surface area contributed by atoms with Crippen LogP contribution in [0, 0.1) is 5.95 Å². The standard InChI is InChI=1S/C13H8FN3O2S/c14-11-3-1-2-9(15-11)12(19)17-13-16-8-5-4-7(18)6-10(8)20-13/h1-6,18H,(H,16,17,19)/i14+0. The third-order valence-electron chi connectivity index (χ3n) is 2.54. The molecule has 2 aromatic heterocycles. The Morgan fingerprint density at radius 3 is 2.90 bits per heavy atom. The van der Waals surface area contributed by atoms with Gasteiger partial charge in [-0.05, 0) is 30.3 Å². The van der Waals surface area contributed by atoms with E-state index in [1.807, 2.05) is 0 Å². The summed E-state index contributed by atoms with van der Waals surface area (Å²) in [6.45, 7) is 0. The quantitative estimate of drug-likeness (QED) is 0.711. The molecule has 5 nitrogen and oxygen atoms in total. The largest absolute Gasteiger partial charge is 0.508 e. The van der Waals surface area contributed by atoms with Crippen molar-refractivity contribution in [1.29, 1.82) is 0 Å². The molecule has 3 aromatic rings. The smallest absolute Gasteiger partial charge is 0.276 e. The molecule has 0 unspecified atom stereocenters. The Kier molecular flexibility index (Phi) is 3.03.